The van der Waals surface area contributed by atoms with Crippen LogP contribution in [0.1, 0.15) is 23.9 Å². The standard InChI is InChI=1S/C47H32N4S/c1-3-31-18-21-37(38-22-20-33-24-25-42-43(41(33)29-38)52-47(48-42)35-15-8-5-9-16-35)28-40(31)26-30(2)44-49-45(34-13-6-4-7-14-34)51-46(50-44)39-23-19-32-12-10-11-17-36(32)27-39/h3-29H,1H2,2H3/b30-26+. The van der Waals surface area contributed by atoms with Crippen LogP contribution in [0.3, 0.4) is 0 Å². The zero-order valence-electron chi connectivity index (χ0n) is 28.5. The molecule has 0 N–H and O–H groups in total. The van der Waals surface area contributed by atoms with E-state index in [-0.39, 0.29) is 0 Å². The van der Waals surface area contributed by atoms with Gasteiger partial charge in [0, 0.05) is 22.1 Å². The molecule has 0 saturated heterocycles. The smallest absolute Gasteiger partial charge is 0.164 e. The molecule has 0 unspecified atom stereocenters. The third-order valence-electron chi connectivity index (χ3n) is 9.43. The lowest BCUT2D eigenvalue weighted by Gasteiger charge is -2.11. The average molecular weight is 685 g/mol. The molecule has 0 bridgehead atoms. The number of fused-ring (bicyclic) bond motifs is 4. The highest BCUT2D eigenvalue weighted by Crippen LogP contribution is 2.37. The van der Waals surface area contributed by atoms with Gasteiger partial charge >= 0.3 is 0 Å². The van der Waals surface area contributed by atoms with Gasteiger partial charge in [0.1, 0.15) is 5.01 Å². The van der Waals surface area contributed by atoms with Crippen molar-refractivity contribution in [1.82, 2.24) is 19.9 Å². The molecule has 2 aromatic heterocycles. The van der Waals surface area contributed by atoms with Crippen molar-refractivity contribution in [2.75, 3.05) is 0 Å². The van der Waals surface area contributed by atoms with Crippen LogP contribution in [0.2, 0.25) is 0 Å². The van der Waals surface area contributed by atoms with Crippen LogP contribution in [-0.2, 0) is 0 Å². The second kappa shape index (κ2) is 13.3. The zero-order valence-corrected chi connectivity index (χ0v) is 29.3. The minimum Gasteiger partial charge on any atom is -0.236 e. The van der Waals surface area contributed by atoms with E-state index in [1.54, 1.807) is 11.3 Å². The van der Waals surface area contributed by atoms with Crippen molar-refractivity contribution in [3.8, 4) is 44.5 Å². The van der Waals surface area contributed by atoms with Gasteiger partial charge in [0.05, 0.1) is 10.2 Å². The van der Waals surface area contributed by atoms with Gasteiger partial charge in [0.15, 0.2) is 17.5 Å². The van der Waals surface area contributed by atoms with E-state index < -0.39 is 0 Å². The van der Waals surface area contributed by atoms with Crippen LogP contribution in [0.25, 0.3) is 94.0 Å². The molecular formula is C47H32N4S. The molecule has 52 heavy (non-hydrogen) atoms. The molecule has 7 aromatic carbocycles. The van der Waals surface area contributed by atoms with Gasteiger partial charge in [-0.1, -0.05) is 140 Å². The molecule has 0 aliphatic carbocycles. The Kier molecular flexibility index (Phi) is 8.03. The minimum atomic E-state index is 0.630. The average Bonchev–Trinajstić information content (AvgIpc) is 3.66. The molecule has 0 saturated carbocycles. The van der Waals surface area contributed by atoms with Crippen molar-refractivity contribution in [1.29, 1.82) is 0 Å². The number of nitrogens with zero attached hydrogens (tertiary/aromatic N) is 4. The van der Waals surface area contributed by atoms with Crippen molar-refractivity contribution in [2.24, 2.45) is 0 Å². The van der Waals surface area contributed by atoms with Crippen LogP contribution in [0.5, 0.6) is 0 Å². The third kappa shape index (κ3) is 5.97. The SMILES string of the molecule is C=Cc1ccc(-c2ccc3ccc4nc(-c5ccccc5)sc4c3c2)cc1/C=C(\C)c1nc(-c2ccccc2)nc(-c2ccc3ccccc3c2)n1. The Hall–Kier alpha value is -6.56. The first-order valence-electron chi connectivity index (χ1n) is 17.2. The molecule has 0 spiro atoms. The van der Waals surface area contributed by atoms with Crippen molar-refractivity contribution < 1.29 is 0 Å². The van der Waals surface area contributed by atoms with Crippen LogP contribution in [0.15, 0.2) is 158 Å². The molecule has 0 amide bonds. The first-order chi connectivity index (χ1) is 25.6. The second-order valence-electron chi connectivity index (χ2n) is 12.8. The highest BCUT2D eigenvalue weighted by Gasteiger charge is 2.14. The van der Waals surface area contributed by atoms with E-state index in [9.17, 15) is 0 Å². The number of rotatable bonds is 7. The van der Waals surface area contributed by atoms with Crippen LogP contribution in [0, 0.1) is 0 Å². The van der Waals surface area contributed by atoms with Crippen molar-refractivity contribution in [2.45, 2.75) is 6.92 Å². The predicted molar refractivity (Wildman–Crippen MR) is 220 cm³/mol. The predicted octanol–water partition coefficient (Wildman–Crippen LogP) is 12.7. The highest BCUT2D eigenvalue weighted by atomic mass is 32.1. The van der Waals surface area contributed by atoms with E-state index in [1.807, 2.05) is 42.5 Å². The van der Waals surface area contributed by atoms with Crippen molar-refractivity contribution >= 4 is 60.8 Å². The Balaban J connectivity index is 1.13. The zero-order chi connectivity index (χ0) is 35.0. The van der Waals surface area contributed by atoms with E-state index >= 15 is 0 Å². The summed E-state index contributed by atoms with van der Waals surface area (Å²) in [5, 5.41) is 5.75. The summed E-state index contributed by atoms with van der Waals surface area (Å²) in [7, 11) is 0. The maximum absolute atomic E-state index is 5.03. The number of allylic oxidation sites excluding steroid dienone is 1. The lowest BCUT2D eigenvalue weighted by atomic mass is 9.96. The van der Waals surface area contributed by atoms with Gasteiger partial charge in [-0.25, -0.2) is 19.9 Å². The number of aromatic nitrogens is 4. The number of thiazole rings is 1. The lowest BCUT2D eigenvalue weighted by Crippen LogP contribution is -2.02. The van der Waals surface area contributed by atoms with Gasteiger partial charge < -0.3 is 0 Å². The van der Waals surface area contributed by atoms with E-state index in [4.69, 9.17) is 19.9 Å². The third-order valence-corrected chi connectivity index (χ3v) is 10.6. The van der Waals surface area contributed by atoms with Crippen LogP contribution < -0.4 is 0 Å². The lowest BCUT2D eigenvalue weighted by molar-refractivity contribution is 1.03. The molecule has 246 valence electrons. The Labute approximate surface area is 306 Å². The van der Waals surface area contributed by atoms with Crippen molar-refractivity contribution in [3.05, 3.63) is 175 Å². The van der Waals surface area contributed by atoms with Crippen LogP contribution in [-0.4, -0.2) is 19.9 Å². The summed E-state index contributed by atoms with van der Waals surface area (Å²) in [6.45, 7) is 6.20. The highest BCUT2D eigenvalue weighted by molar-refractivity contribution is 7.22. The first kappa shape index (κ1) is 31.4. The van der Waals surface area contributed by atoms with E-state index in [1.165, 1.54) is 20.9 Å². The largest absolute Gasteiger partial charge is 0.236 e. The number of hydrogen-bond donors (Lipinski definition) is 0. The molecule has 0 radical (unpaired) electrons. The summed E-state index contributed by atoms with van der Waals surface area (Å²) in [6, 6.07) is 52.7. The molecule has 5 heteroatoms. The maximum atomic E-state index is 5.03. The molecule has 2 heterocycles. The quantitative estimate of drug-likeness (QED) is 0.168. The van der Waals surface area contributed by atoms with Crippen LogP contribution in [0.4, 0.5) is 0 Å². The van der Waals surface area contributed by atoms with Crippen LogP contribution >= 0.6 is 11.3 Å². The Bertz CT molecular complexity index is 2820. The summed E-state index contributed by atoms with van der Waals surface area (Å²) in [5.74, 6) is 1.91. The summed E-state index contributed by atoms with van der Waals surface area (Å²) >= 11 is 1.75. The summed E-state index contributed by atoms with van der Waals surface area (Å²) in [4.78, 5) is 20.0. The molecule has 9 rings (SSSR count). The topological polar surface area (TPSA) is 51.6 Å². The second-order valence-corrected chi connectivity index (χ2v) is 13.8. The minimum absolute atomic E-state index is 0.630. The molecule has 0 fully saturated rings. The van der Waals surface area contributed by atoms with Gasteiger partial charge in [-0.2, -0.15) is 0 Å². The van der Waals surface area contributed by atoms with E-state index in [2.05, 4.69) is 135 Å². The molecular weight excluding hydrogens is 653 g/mol. The van der Waals surface area contributed by atoms with Gasteiger partial charge in [0.25, 0.3) is 0 Å². The Morgan fingerprint density at radius 1 is 0.519 bits per heavy atom. The van der Waals surface area contributed by atoms with Gasteiger partial charge in [0.2, 0.25) is 0 Å². The molecule has 4 nitrogen and oxygen atoms in total. The summed E-state index contributed by atoms with van der Waals surface area (Å²) < 4.78 is 1.20. The Morgan fingerprint density at radius 3 is 1.94 bits per heavy atom. The summed E-state index contributed by atoms with van der Waals surface area (Å²) in [5.41, 5.74) is 9.31. The van der Waals surface area contributed by atoms with Gasteiger partial charge in [-0.3, -0.25) is 0 Å². The van der Waals surface area contributed by atoms with Gasteiger partial charge in [-0.05, 0) is 81.3 Å². The maximum Gasteiger partial charge on any atom is 0.164 e. The number of hydrogen-bond acceptors (Lipinski definition) is 5. The van der Waals surface area contributed by atoms with Crippen molar-refractivity contribution in [3.63, 3.8) is 0 Å². The van der Waals surface area contributed by atoms with Gasteiger partial charge in [-0.15, -0.1) is 11.3 Å². The molecule has 0 atom stereocenters. The molecule has 0 aliphatic heterocycles. The number of benzene rings is 7. The first-order valence-corrected chi connectivity index (χ1v) is 18.1. The Morgan fingerprint density at radius 2 is 1.15 bits per heavy atom. The fourth-order valence-electron chi connectivity index (χ4n) is 6.68. The monoisotopic (exact) mass is 684 g/mol. The summed E-state index contributed by atoms with van der Waals surface area (Å²) in [6.07, 6.45) is 4.06. The molecule has 9 aromatic rings. The fraction of sp³-hybridized carbons (Fsp3) is 0.0213. The van der Waals surface area contributed by atoms with E-state index in [0.717, 1.165) is 60.4 Å². The molecule has 0 aliphatic rings. The van der Waals surface area contributed by atoms with E-state index in [0.29, 0.717) is 17.5 Å². The normalized spacial score (nSPS) is 11.8. The fourth-order valence-corrected chi connectivity index (χ4v) is 7.77.